The number of hydrogen-bond donors (Lipinski definition) is 2. The van der Waals surface area contributed by atoms with Crippen LogP contribution in [0.25, 0.3) is 0 Å². The lowest BCUT2D eigenvalue weighted by Crippen LogP contribution is -2.43. The van der Waals surface area contributed by atoms with Crippen molar-refractivity contribution in [3.63, 3.8) is 0 Å². The Hall–Kier alpha value is -1.22. The number of methoxy groups -OCH3 is 1. The Labute approximate surface area is 132 Å². The van der Waals surface area contributed by atoms with E-state index in [9.17, 15) is 5.11 Å². The van der Waals surface area contributed by atoms with Gasteiger partial charge in [0.15, 0.2) is 0 Å². The van der Waals surface area contributed by atoms with E-state index in [1.807, 2.05) is 0 Å². The van der Waals surface area contributed by atoms with Gasteiger partial charge in [0, 0.05) is 0 Å². The molecule has 0 bridgehead atoms. The van der Waals surface area contributed by atoms with Crippen LogP contribution in [0, 0.1) is 17.3 Å². The Bertz CT molecular complexity index is 599. The number of rotatable bonds is 1. The molecule has 1 aromatic rings. The summed E-state index contributed by atoms with van der Waals surface area (Å²) in [5.41, 5.74) is 9.88. The minimum Gasteiger partial charge on any atom is -0.495 e. The molecule has 120 valence electrons. The Morgan fingerprint density at radius 1 is 1.23 bits per heavy atom. The van der Waals surface area contributed by atoms with E-state index < -0.39 is 0 Å². The lowest BCUT2D eigenvalue weighted by molar-refractivity contribution is -0.0226. The van der Waals surface area contributed by atoms with E-state index in [-0.39, 0.29) is 11.5 Å². The number of ether oxygens (including phenoxy) is 1. The van der Waals surface area contributed by atoms with Crippen LogP contribution in [0.15, 0.2) is 12.1 Å². The monoisotopic (exact) mass is 301 g/mol. The number of aryl methyl sites for hydroxylation is 1. The zero-order chi connectivity index (χ0) is 15.5. The maximum atomic E-state index is 10.5. The summed E-state index contributed by atoms with van der Waals surface area (Å²) in [5.74, 6) is 2.84. The van der Waals surface area contributed by atoms with E-state index in [2.05, 4.69) is 19.1 Å². The van der Waals surface area contributed by atoms with E-state index >= 15 is 0 Å². The second-order valence-electron chi connectivity index (χ2n) is 7.85. The van der Waals surface area contributed by atoms with Crippen LogP contribution in [-0.4, -0.2) is 18.3 Å². The quantitative estimate of drug-likeness (QED) is 0.781. The maximum absolute atomic E-state index is 10.5. The molecule has 0 spiro atoms. The normalized spacial score (nSPS) is 39.8. The highest BCUT2D eigenvalue weighted by atomic mass is 16.5. The molecule has 5 atom stereocenters. The summed E-state index contributed by atoms with van der Waals surface area (Å²) >= 11 is 0. The summed E-state index contributed by atoms with van der Waals surface area (Å²) in [5, 5.41) is 10.5. The Balaban J connectivity index is 1.72. The Morgan fingerprint density at radius 2 is 2.05 bits per heavy atom. The van der Waals surface area contributed by atoms with Crippen LogP contribution in [0.4, 0.5) is 5.69 Å². The van der Waals surface area contributed by atoms with Crippen LogP contribution in [0.3, 0.4) is 0 Å². The van der Waals surface area contributed by atoms with Crippen LogP contribution in [0.5, 0.6) is 5.75 Å². The van der Waals surface area contributed by atoms with Gasteiger partial charge in [-0.05, 0) is 85.0 Å². The summed E-state index contributed by atoms with van der Waals surface area (Å²) in [4.78, 5) is 0. The van der Waals surface area contributed by atoms with E-state index in [0.29, 0.717) is 11.8 Å². The summed E-state index contributed by atoms with van der Waals surface area (Å²) in [6.45, 7) is 2.32. The zero-order valence-electron chi connectivity index (χ0n) is 13.6. The number of fused-ring (bicyclic) bond motifs is 5. The predicted molar refractivity (Wildman–Crippen MR) is 88.0 cm³/mol. The van der Waals surface area contributed by atoms with Crippen molar-refractivity contribution in [3.8, 4) is 5.75 Å². The van der Waals surface area contributed by atoms with Gasteiger partial charge in [-0.2, -0.15) is 0 Å². The van der Waals surface area contributed by atoms with Gasteiger partial charge in [0.05, 0.1) is 18.9 Å². The molecule has 2 saturated carbocycles. The number of anilines is 1. The minimum atomic E-state index is -0.0965. The van der Waals surface area contributed by atoms with Crippen LogP contribution in [0.1, 0.15) is 56.1 Å². The number of aliphatic hydroxyl groups is 1. The molecular weight excluding hydrogens is 274 g/mol. The summed E-state index contributed by atoms with van der Waals surface area (Å²) in [6, 6.07) is 4.32. The molecule has 2 fully saturated rings. The first kappa shape index (κ1) is 14.4. The SMILES string of the molecule is COc1cc2c(cc1N)CC[C@@H]1[C@@H]2CC[C@]2(C)[C@@H](O)CC[C@@H]12. The second kappa shape index (κ2) is 4.89. The fraction of sp³-hybridized carbons (Fsp3) is 0.684. The molecule has 22 heavy (non-hydrogen) atoms. The van der Waals surface area contributed by atoms with E-state index in [0.717, 1.165) is 36.6 Å². The van der Waals surface area contributed by atoms with Crippen molar-refractivity contribution in [2.75, 3.05) is 12.8 Å². The summed E-state index contributed by atoms with van der Waals surface area (Å²) in [7, 11) is 1.70. The molecule has 0 aliphatic heterocycles. The van der Waals surface area contributed by atoms with Crippen molar-refractivity contribution in [1.82, 2.24) is 0 Å². The molecule has 3 aliphatic carbocycles. The van der Waals surface area contributed by atoms with Crippen molar-refractivity contribution in [2.24, 2.45) is 17.3 Å². The molecule has 1 aromatic carbocycles. The van der Waals surface area contributed by atoms with Gasteiger partial charge in [0.1, 0.15) is 5.75 Å². The third kappa shape index (κ3) is 1.84. The largest absolute Gasteiger partial charge is 0.495 e. The second-order valence-corrected chi connectivity index (χ2v) is 7.85. The molecule has 0 saturated heterocycles. The lowest BCUT2D eigenvalue weighted by Gasteiger charge is -2.50. The molecule has 0 radical (unpaired) electrons. The average molecular weight is 301 g/mol. The first-order chi connectivity index (χ1) is 10.5. The molecule has 3 N–H and O–H groups in total. The molecular formula is C19H27NO2. The van der Waals surface area contributed by atoms with Crippen molar-refractivity contribution in [3.05, 3.63) is 23.3 Å². The summed E-state index contributed by atoms with van der Waals surface area (Å²) < 4.78 is 5.45. The van der Waals surface area contributed by atoms with E-state index in [1.54, 1.807) is 7.11 Å². The highest BCUT2D eigenvalue weighted by molar-refractivity contribution is 5.58. The van der Waals surface area contributed by atoms with Gasteiger partial charge in [-0.1, -0.05) is 6.92 Å². The topological polar surface area (TPSA) is 55.5 Å². The van der Waals surface area contributed by atoms with Crippen LogP contribution in [-0.2, 0) is 6.42 Å². The van der Waals surface area contributed by atoms with Crippen molar-refractivity contribution >= 4 is 5.69 Å². The Kier molecular flexibility index (Phi) is 3.19. The molecule has 4 rings (SSSR count). The maximum Gasteiger partial charge on any atom is 0.142 e. The van der Waals surface area contributed by atoms with Gasteiger partial charge < -0.3 is 15.6 Å². The van der Waals surface area contributed by atoms with Gasteiger partial charge in [-0.3, -0.25) is 0 Å². The third-order valence-electron chi connectivity index (χ3n) is 7.03. The van der Waals surface area contributed by atoms with Gasteiger partial charge in [0.25, 0.3) is 0 Å². The van der Waals surface area contributed by atoms with E-state index in [1.165, 1.54) is 30.4 Å². The molecule has 0 amide bonds. The van der Waals surface area contributed by atoms with Crippen LogP contribution < -0.4 is 10.5 Å². The van der Waals surface area contributed by atoms with E-state index in [4.69, 9.17) is 10.5 Å². The molecule has 0 aromatic heterocycles. The highest BCUT2D eigenvalue weighted by Crippen LogP contribution is 2.61. The fourth-order valence-corrected chi connectivity index (χ4v) is 5.77. The first-order valence-corrected chi connectivity index (χ1v) is 8.69. The number of aliphatic hydroxyl groups excluding tert-OH is 1. The molecule has 3 nitrogen and oxygen atoms in total. The molecule has 3 heteroatoms. The van der Waals surface area contributed by atoms with Crippen molar-refractivity contribution in [2.45, 2.75) is 57.5 Å². The predicted octanol–water partition coefficient (Wildman–Crippen LogP) is 3.49. The lowest BCUT2D eigenvalue weighted by atomic mass is 9.55. The Morgan fingerprint density at radius 3 is 2.82 bits per heavy atom. The van der Waals surface area contributed by atoms with Gasteiger partial charge in [-0.15, -0.1) is 0 Å². The van der Waals surface area contributed by atoms with Gasteiger partial charge in [-0.25, -0.2) is 0 Å². The van der Waals surface area contributed by atoms with Crippen LogP contribution >= 0.6 is 0 Å². The average Bonchev–Trinajstić information content (AvgIpc) is 2.82. The minimum absolute atomic E-state index is 0.0965. The standard InChI is InChI=1S/C19H27NO2/c1-19-8-7-12-13(15(19)5-6-18(19)21)4-3-11-9-16(20)17(22-2)10-14(11)12/h9-10,12-13,15,18,21H,3-8,20H2,1-2H3/t12-,13+,15-,18-,19-/m0/s1. The molecule has 0 heterocycles. The van der Waals surface area contributed by atoms with Crippen molar-refractivity contribution < 1.29 is 9.84 Å². The third-order valence-corrected chi connectivity index (χ3v) is 7.03. The number of benzene rings is 1. The zero-order valence-corrected chi connectivity index (χ0v) is 13.6. The summed E-state index contributed by atoms with van der Waals surface area (Å²) in [6.07, 6.45) is 6.79. The fourth-order valence-electron chi connectivity index (χ4n) is 5.77. The van der Waals surface area contributed by atoms with Gasteiger partial charge in [0.2, 0.25) is 0 Å². The van der Waals surface area contributed by atoms with Gasteiger partial charge >= 0.3 is 0 Å². The number of nitrogens with two attached hydrogens (primary N) is 1. The highest BCUT2D eigenvalue weighted by Gasteiger charge is 2.54. The molecule has 3 aliphatic rings. The number of hydrogen-bond acceptors (Lipinski definition) is 3. The number of nitrogen functional groups attached to an aromatic ring is 1. The smallest absolute Gasteiger partial charge is 0.142 e. The molecule has 0 unspecified atom stereocenters. The first-order valence-electron chi connectivity index (χ1n) is 8.69. The van der Waals surface area contributed by atoms with Crippen LogP contribution in [0.2, 0.25) is 0 Å². The van der Waals surface area contributed by atoms with Crippen molar-refractivity contribution in [1.29, 1.82) is 0 Å².